The van der Waals surface area contributed by atoms with E-state index in [2.05, 4.69) is 0 Å². The minimum atomic E-state index is -2.24. The SMILES string of the molecule is CCN1C[C@]2(OC(=O)c3ccccc3N)CC[C@H](OC)[C@]34C1[C@](O)(C[C@H]23)[C@@]1(O)C[C@H](OC)[C@H]2C[C@]4(O)[C@]1(O)[C@H]2OC. The maximum absolute atomic E-state index is 13.7. The molecule has 1 spiro atoms. The van der Waals surface area contributed by atoms with Crippen molar-refractivity contribution in [2.24, 2.45) is 17.3 Å². The van der Waals surface area contributed by atoms with Gasteiger partial charge in [0.2, 0.25) is 0 Å². The summed E-state index contributed by atoms with van der Waals surface area (Å²) in [7, 11) is 4.56. The first-order valence-corrected chi connectivity index (χ1v) is 14.7. The summed E-state index contributed by atoms with van der Waals surface area (Å²) < 4.78 is 24.4. The van der Waals surface area contributed by atoms with E-state index in [4.69, 9.17) is 24.7 Å². The second kappa shape index (κ2) is 8.41. The molecule has 226 valence electrons. The number of likely N-dealkylation sites (N-methyl/N-ethyl adjacent to an activating group) is 1. The van der Waals surface area contributed by atoms with Crippen molar-refractivity contribution < 1.29 is 44.2 Å². The van der Waals surface area contributed by atoms with Crippen LogP contribution >= 0.6 is 0 Å². The molecule has 0 radical (unpaired) electrons. The van der Waals surface area contributed by atoms with E-state index in [1.54, 1.807) is 31.4 Å². The fourth-order valence-electron chi connectivity index (χ4n) is 11.3. The van der Waals surface area contributed by atoms with E-state index in [0.717, 1.165) is 0 Å². The Labute approximate surface area is 239 Å². The summed E-state index contributed by atoms with van der Waals surface area (Å²) >= 11 is 0. The van der Waals surface area contributed by atoms with Crippen LogP contribution in [-0.4, -0.2) is 118 Å². The minimum Gasteiger partial charge on any atom is -0.454 e. The zero-order valence-corrected chi connectivity index (χ0v) is 24.1. The minimum absolute atomic E-state index is 0.00969. The Morgan fingerprint density at radius 3 is 2.39 bits per heavy atom. The highest BCUT2D eigenvalue weighted by Crippen LogP contribution is 2.81. The number of aliphatic hydroxyl groups is 4. The average Bonchev–Trinajstić information content (AvgIpc) is 3.30. The summed E-state index contributed by atoms with van der Waals surface area (Å²) in [4.78, 5) is 15.8. The van der Waals surface area contributed by atoms with Gasteiger partial charge in [0, 0.05) is 51.8 Å². The Balaban J connectivity index is 1.48. The van der Waals surface area contributed by atoms with Crippen molar-refractivity contribution in [1.29, 1.82) is 0 Å². The van der Waals surface area contributed by atoms with Crippen molar-refractivity contribution in [3.8, 4) is 0 Å². The Bertz CT molecular complexity index is 1280. The molecule has 11 heteroatoms. The summed E-state index contributed by atoms with van der Waals surface area (Å²) in [5.41, 5.74) is -4.06. The lowest BCUT2D eigenvalue weighted by Gasteiger charge is -2.74. The topological polar surface area (TPSA) is 164 Å². The predicted molar refractivity (Wildman–Crippen MR) is 145 cm³/mol. The number of hydrogen-bond donors (Lipinski definition) is 5. The number of carbonyl (C=O) groups is 1. The number of nitrogens with two attached hydrogens (primary N) is 1. The van der Waals surface area contributed by atoms with Gasteiger partial charge in [-0.05, 0) is 44.4 Å². The normalized spacial score (nSPS) is 52.9. The third-order valence-electron chi connectivity index (χ3n) is 12.6. The molecule has 7 bridgehead atoms. The third-order valence-corrected chi connectivity index (χ3v) is 12.6. The largest absolute Gasteiger partial charge is 0.454 e. The van der Waals surface area contributed by atoms with Gasteiger partial charge in [-0.2, -0.15) is 0 Å². The second-order valence-electron chi connectivity index (χ2n) is 13.4. The van der Waals surface area contributed by atoms with Crippen LogP contribution in [0.2, 0.25) is 0 Å². The first-order chi connectivity index (χ1) is 19.4. The number of fused-ring (bicyclic) bond motifs is 2. The van der Waals surface area contributed by atoms with Crippen LogP contribution < -0.4 is 5.73 Å². The number of ether oxygens (including phenoxy) is 4. The molecule has 6 aliphatic rings. The molecule has 12 atom stereocenters. The molecule has 1 aliphatic heterocycles. The molecule has 5 saturated carbocycles. The lowest BCUT2D eigenvalue weighted by molar-refractivity contribution is -0.408. The Hall–Kier alpha value is -1.83. The predicted octanol–water partition coefficient (Wildman–Crippen LogP) is 0.0752. The van der Waals surface area contributed by atoms with Crippen LogP contribution in [0.1, 0.15) is 49.4 Å². The molecule has 11 nitrogen and oxygen atoms in total. The highest BCUT2D eigenvalue weighted by molar-refractivity contribution is 5.95. The Kier molecular flexibility index (Phi) is 5.74. The molecule has 1 saturated heterocycles. The van der Waals surface area contributed by atoms with Crippen LogP contribution in [0.3, 0.4) is 0 Å². The maximum Gasteiger partial charge on any atom is 0.340 e. The zero-order chi connectivity index (χ0) is 29.4. The number of esters is 1. The molecule has 6 N–H and O–H groups in total. The van der Waals surface area contributed by atoms with Gasteiger partial charge in [0.05, 0.1) is 35.3 Å². The van der Waals surface area contributed by atoms with Crippen LogP contribution in [0, 0.1) is 17.3 Å². The molecule has 41 heavy (non-hydrogen) atoms. The molecule has 0 amide bonds. The maximum atomic E-state index is 13.7. The fourth-order valence-corrected chi connectivity index (χ4v) is 11.3. The zero-order valence-electron chi connectivity index (χ0n) is 24.1. The van der Waals surface area contributed by atoms with Gasteiger partial charge in [-0.25, -0.2) is 4.79 Å². The fraction of sp³-hybridized carbons (Fsp3) is 0.767. The van der Waals surface area contributed by atoms with E-state index in [1.165, 1.54) is 14.2 Å². The van der Waals surface area contributed by atoms with Crippen molar-refractivity contribution in [2.75, 3.05) is 40.2 Å². The molecule has 0 aromatic heterocycles. The lowest BCUT2D eigenvalue weighted by atomic mass is 9.41. The number of piperidine rings is 1. The number of anilines is 1. The molecule has 5 aliphatic carbocycles. The van der Waals surface area contributed by atoms with Gasteiger partial charge in [-0.15, -0.1) is 0 Å². The van der Waals surface area contributed by atoms with E-state index in [9.17, 15) is 25.2 Å². The van der Waals surface area contributed by atoms with Gasteiger partial charge in [0.1, 0.15) is 22.4 Å². The van der Waals surface area contributed by atoms with E-state index in [0.29, 0.717) is 31.6 Å². The summed E-state index contributed by atoms with van der Waals surface area (Å²) in [6, 6.07) is 5.94. The number of rotatable bonds is 6. The summed E-state index contributed by atoms with van der Waals surface area (Å²) in [6.45, 7) is 2.69. The second-order valence-corrected chi connectivity index (χ2v) is 13.4. The van der Waals surface area contributed by atoms with Crippen molar-refractivity contribution in [1.82, 2.24) is 4.90 Å². The molecular weight excluding hydrogens is 532 g/mol. The van der Waals surface area contributed by atoms with E-state index >= 15 is 0 Å². The van der Waals surface area contributed by atoms with E-state index < -0.39 is 75.6 Å². The first kappa shape index (κ1) is 28.0. The van der Waals surface area contributed by atoms with Crippen molar-refractivity contribution in [3.63, 3.8) is 0 Å². The van der Waals surface area contributed by atoms with Gasteiger partial charge in [-0.1, -0.05) is 19.1 Å². The highest BCUT2D eigenvalue weighted by atomic mass is 16.6. The van der Waals surface area contributed by atoms with Gasteiger partial charge >= 0.3 is 5.97 Å². The molecule has 1 unspecified atom stereocenters. The van der Waals surface area contributed by atoms with Crippen LogP contribution in [0.15, 0.2) is 24.3 Å². The summed E-state index contributed by atoms with van der Waals surface area (Å²) in [5, 5.41) is 51.8. The number of carbonyl (C=O) groups excluding carboxylic acids is 1. The average molecular weight is 575 g/mol. The van der Waals surface area contributed by atoms with Crippen LogP contribution in [0.5, 0.6) is 0 Å². The quantitative estimate of drug-likeness (QED) is 0.231. The molecule has 7 rings (SSSR count). The van der Waals surface area contributed by atoms with Gasteiger partial charge in [0.25, 0.3) is 0 Å². The number of likely N-dealkylation sites (tertiary alicyclic amines) is 1. The van der Waals surface area contributed by atoms with E-state index in [-0.39, 0.29) is 24.8 Å². The number of nitrogens with zero attached hydrogens (tertiary/aromatic N) is 1. The number of hydrogen-bond acceptors (Lipinski definition) is 11. The highest BCUT2D eigenvalue weighted by Gasteiger charge is 2.98. The number of para-hydroxylation sites is 1. The molecular formula is C30H42N2O9. The number of nitrogen functional groups attached to an aromatic ring is 1. The van der Waals surface area contributed by atoms with Crippen molar-refractivity contribution >= 4 is 11.7 Å². The number of methoxy groups -OCH3 is 3. The van der Waals surface area contributed by atoms with Crippen molar-refractivity contribution in [3.05, 3.63) is 29.8 Å². The Morgan fingerprint density at radius 2 is 1.76 bits per heavy atom. The molecule has 1 aromatic rings. The standard InChI is InChI=1S/C30H42N2O9/c1-5-32-15-25(41-23(33)16-8-6-7-9-18(16)31)11-10-21(39-3)29-20(25)14-26(34,24(29)32)27(35)13-19(38-2)17-12-28(29,36)30(27,37)22(17)40-4/h6-9,17,19-22,24,34-37H,5,10-15,31H2,1-4H3/t17-,19+,20-,21+,22+,24?,25-,26-,27+,28-,29+,30+/m1/s1. The van der Waals surface area contributed by atoms with Gasteiger partial charge < -0.3 is 45.1 Å². The summed E-state index contributed by atoms with van der Waals surface area (Å²) in [5.74, 6) is -1.67. The smallest absolute Gasteiger partial charge is 0.340 e. The molecule has 1 aromatic carbocycles. The summed E-state index contributed by atoms with van der Waals surface area (Å²) in [6.07, 6.45) is -1.36. The van der Waals surface area contributed by atoms with Gasteiger partial charge in [-0.3, -0.25) is 4.90 Å². The van der Waals surface area contributed by atoms with Crippen LogP contribution in [0.4, 0.5) is 5.69 Å². The van der Waals surface area contributed by atoms with Crippen LogP contribution in [0.25, 0.3) is 0 Å². The number of benzene rings is 1. The monoisotopic (exact) mass is 574 g/mol. The van der Waals surface area contributed by atoms with Crippen molar-refractivity contribution in [2.45, 2.75) is 91.4 Å². The Morgan fingerprint density at radius 1 is 1.02 bits per heavy atom. The lowest BCUT2D eigenvalue weighted by Crippen LogP contribution is -2.93. The van der Waals surface area contributed by atoms with Crippen LogP contribution in [-0.2, 0) is 18.9 Å². The van der Waals surface area contributed by atoms with Gasteiger partial charge in [0.15, 0.2) is 5.60 Å². The first-order valence-electron chi connectivity index (χ1n) is 14.7. The van der Waals surface area contributed by atoms with E-state index in [1.807, 2.05) is 11.8 Å². The molecule has 1 heterocycles. The third kappa shape index (κ3) is 2.69. The molecule has 6 fully saturated rings.